The minimum absolute atomic E-state index is 0.229. The number of nitrogens with zero attached hydrogens (tertiary/aromatic N) is 1. The summed E-state index contributed by atoms with van der Waals surface area (Å²) in [5.74, 6) is 0.415. The second-order valence-corrected chi connectivity index (χ2v) is 6.06. The highest BCUT2D eigenvalue weighted by Crippen LogP contribution is 2.29. The van der Waals surface area contributed by atoms with Crippen molar-refractivity contribution in [2.75, 3.05) is 11.9 Å². The first-order valence-electron chi connectivity index (χ1n) is 6.98. The molecule has 0 saturated carbocycles. The number of carbonyl (C=O) groups is 1. The van der Waals surface area contributed by atoms with Crippen LogP contribution >= 0.6 is 11.3 Å². The average molecular weight is 316 g/mol. The van der Waals surface area contributed by atoms with Crippen LogP contribution < -0.4 is 10.1 Å². The smallest absolute Gasteiger partial charge is 0.257 e. The van der Waals surface area contributed by atoms with E-state index in [1.165, 1.54) is 11.3 Å². The number of anilines is 1. The zero-order chi connectivity index (χ0) is 15.7. The Bertz CT molecular complexity index is 816. The Balaban J connectivity index is 1.93. The van der Waals surface area contributed by atoms with Gasteiger partial charge in [0.1, 0.15) is 11.3 Å². The molecule has 2 aromatic heterocycles. The minimum atomic E-state index is -0.229. The molecule has 114 valence electrons. The van der Waals surface area contributed by atoms with Gasteiger partial charge < -0.3 is 9.15 Å². The summed E-state index contributed by atoms with van der Waals surface area (Å²) in [6.07, 6.45) is 1.59. The highest BCUT2D eigenvalue weighted by atomic mass is 32.1. The molecule has 2 heterocycles. The van der Waals surface area contributed by atoms with Crippen LogP contribution in [0, 0.1) is 13.8 Å². The van der Waals surface area contributed by atoms with Crippen molar-refractivity contribution in [1.82, 2.24) is 4.98 Å². The fourth-order valence-electron chi connectivity index (χ4n) is 2.14. The Labute approximate surface area is 131 Å². The van der Waals surface area contributed by atoms with E-state index in [1.807, 2.05) is 26.8 Å². The Morgan fingerprint density at radius 2 is 2.23 bits per heavy atom. The van der Waals surface area contributed by atoms with Gasteiger partial charge >= 0.3 is 0 Å². The number of aromatic nitrogens is 1. The number of benzene rings is 1. The van der Waals surface area contributed by atoms with Gasteiger partial charge in [0.2, 0.25) is 0 Å². The number of ether oxygens (including phenoxy) is 1. The molecule has 0 aliphatic rings. The van der Waals surface area contributed by atoms with Crippen molar-refractivity contribution >= 4 is 33.3 Å². The molecule has 22 heavy (non-hydrogen) atoms. The zero-order valence-corrected chi connectivity index (χ0v) is 13.4. The summed E-state index contributed by atoms with van der Waals surface area (Å²) in [6, 6.07) is 5.26. The molecule has 0 spiro atoms. The second-order valence-electron chi connectivity index (χ2n) is 4.85. The number of thiazole rings is 1. The number of carbonyl (C=O) groups excluding carboxylic acids is 1. The summed E-state index contributed by atoms with van der Waals surface area (Å²) in [6.45, 7) is 6.32. The van der Waals surface area contributed by atoms with Gasteiger partial charge in [0, 0.05) is 10.4 Å². The Hall–Kier alpha value is -2.34. The Kier molecular flexibility index (Phi) is 3.85. The van der Waals surface area contributed by atoms with Crippen LogP contribution in [-0.4, -0.2) is 17.5 Å². The van der Waals surface area contributed by atoms with Gasteiger partial charge in [-0.05, 0) is 39.0 Å². The monoisotopic (exact) mass is 316 g/mol. The number of nitrogens with one attached hydrogen (secondary N) is 1. The van der Waals surface area contributed by atoms with Crippen molar-refractivity contribution in [2.24, 2.45) is 0 Å². The van der Waals surface area contributed by atoms with Crippen molar-refractivity contribution in [3.8, 4) is 5.75 Å². The molecule has 5 nitrogen and oxygen atoms in total. The molecule has 3 rings (SSSR count). The number of fused-ring (bicyclic) bond motifs is 1. The number of amides is 1. The molecule has 0 fully saturated rings. The normalized spacial score (nSPS) is 10.9. The van der Waals surface area contributed by atoms with Gasteiger partial charge in [-0.1, -0.05) is 0 Å². The van der Waals surface area contributed by atoms with Crippen molar-refractivity contribution in [1.29, 1.82) is 0 Å². The van der Waals surface area contributed by atoms with E-state index in [-0.39, 0.29) is 5.91 Å². The molecule has 0 aliphatic carbocycles. The summed E-state index contributed by atoms with van der Waals surface area (Å²) in [5, 5.41) is 4.27. The predicted octanol–water partition coefficient (Wildman–Crippen LogP) is 4.16. The van der Waals surface area contributed by atoms with Crippen LogP contribution in [0.5, 0.6) is 5.75 Å². The van der Waals surface area contributed by atoms with Crippen LogP contribution in [-0.2, 0) is 0 Å². The molecular weight excluding hydrogens is 300 g/mol. The fraction of sp³-hybridized carbons (Fsp3) is 0.250. The van der Waals surface area contributed by atoms with Gasteiger partial charge in [0.25, 0.3) is 5.91 Å². The first-order chi connectivity index (χ1) is 10.6. The molecule has 1 amide bonds. The third-order valence-electron chi connectivity index (χ3n) is 3.34. The van der Waals surface area contributed by atoms with E-state index in [1.54, 1.807) is 18.4 Å². The summed E-state index contributed by atoms with van der Waals surface area (Å²) >= 11 is 1.46. The maximum atomic E-state index is 12.4. The van der Waals surface area contributed by atoms with E-state index in [0.29, 0.717) is 28.6 Å². The van der Waals surface area contributed by atoms with Gasteiger partial charge in [-0.2, -0.15) is 0 Å². The number of aryl methyl sites for hydroxylation is 2. The fourth-order valence-corrected chi connectivity index (χ4v) is 2.95. The minimum Gasteiger partial charge on any atom is -0.493 e. The molecule has 3 aromatic rings. The molecule has 0 bridgehead atoms. The van der Waals surface area contributed by atoms with Crippen LogP contribution in [0.3, 0.4) is 0 Å². The van der Waals surface area contributed by atoms with Gasteiger partial charge in [0.05, 0.1) is 24.0 Å². The maximum Gasteiger partial charge on any atom is 0.257 e. The SMILES string of the molecule is CCOc1cc(C(=O)Nc2nc(C)c(C)s2)cc2occc12. The van der Waals surface area contributed by atoms with E-state index < -0.39 is 0 Å². The largest absolute Gasteiger partial charge is 0.493 e. The first kappa shape index (κ1) is 14.6. The second kappa shape index (κ2) is 5.81. The maximum absolute atomic E-state index is 12.4. The lowest BCUT2D eigenvalue weighted by molar-refractivity contribution is 0.102. The van der Waals surface area contributed by atoms with Crippen LogP contribution in [0.25, 0.3) is 11.0 Å². The zero-order valence-electron chi connectivity index (χ0n) is 12.6. The van der Waals surface area contributed by atoms with E-state index in [9.17, 15) is 4.79 Å². The number of hydrogen-bond donors (Lipinski definition) is 1. The first-order valence-corrected chi connectivity index (χ1v) is 7.79. The third kappa shape index (κ3) is 2.69. The standard InChI is InChI=1S/C16H16N2O3S/c1-4-20-13-7-11(8-14-12(13)5-6-21-14)15(19)18-16-17-9(2)10(3)22-16/h5-8H,4H2,1-3H3,(H,17,18,19). The highest BCUT2D eigenvalue weighted by Gasteiger charge is 2.15. The van der Waals surface area contributed by atoms with E-state index in [2.05, 4.69) is 10.3 Å². The van der Waals surface area contributed by atoms with Crippen LogP contribution in [0.2, 0.25) is 0 Å². The lowest BCUT2D eigenvalue weighted by atomic mass is 10.1. The third-order valence-corrected chi connectivity index (χ3v) is 4.33. The van der Waals surface area contributed by atoms with Crippen molar-refractivity contribution in [3.05, 3.63) is 40.6 Å². The van der Waals surface area contributed by atoms with Crippen molar-refractivity contribution < 1.29 is 13.9 Å². The van der Waals surface area contributed by atoms with Crippen molar-refractivity contribution in [3.63, 3.8) is 0 Å². The molecule has 1 N–H and O–H groups in total. The van der Waals surface area contributed by atoms with Gasteiger partial charge in [-0.3, -0.25) is 10.1 Å². The summed E-state index contributed by atoms with van der Waals surface area (Å²) < 4.78 is 11.0. The number of hydrogen-bond acceptors (Lipinski definition) is 5. The summed E-state index contributed by atoms with van der Waals surface area (Å²) in [5.41, 5.74) is 2.04. The molecule has 0 atom stereocenters. The van der Waals surface area contributed by atoms with E-state index in [4.69, 9.17) is 9.15 Å². The Morgan fingerprint density at radius 1 is 1.41 bits per heavy atom. The molecule has 6 heteroatoms. The average Bonchev–Trinajstić information content (AvgIpc) is 3.06. The van der Waals surface area contributed by atoms with Gasteiger partial charge in [-0.15, -0.1) is 11.3 Å². The van der Waals surface area contributed by atoms with E-state index >= 15 is 0 Å². The van der Waals surface area contributed by atoms with Crippen LogP contribution in [0.15, 0.2) is 28.9 Å². The van der Waals surface area contributed by atoms with Crippen LogP contribution in [0.1, 0.15) is 27.9 Å². The lowest BCUT2D eigenvalue weighted by Crippen LogP contribution is -2.12. The quantitative estimate of drug-likeness (QED) is 0.785. The highest BCUT2D eigenvalue weighted by molar-refractivity contribution is 7.15. The van der Waals surface area contributed by atoms with Gasteiger partial charge in [0.15, 0.2) is 5.13 Å². The van der Waals surface area contributed by atoms with Crippen molar-refractivity contribution in [2.45, 2.75) is 20.8 Å². The number of rotatable bonds is 4. The summed E-state index contributed by atoms with van der Waals surface area (Å²) in [4.78, 5) is 17.8. The van der Waals surface area contributed by atoms with Gasteiger partial charge in [-0.25, -0.2) is 4.98 Å². The topological polar surface area (TPSA) is 64.4 Å². The molecule has 0 aliphatic heterocycles. The molecule has 0 unspecified atom stereocenters. The molecule has 1 aromatic carbocycles. The number of furan rings is 1. The molecule has 0 radical (unpaired) electrons. The predicted molar refractivity (Wildman–Crippen MR) is 86.9 cm³/mol. The summed E-state index contributed by atoms with van der Waals surface area (Å²) in [7, 11) is 0. The molecule has 0 saturated heterocycles. The van der Waals surface area contributed by atoms with Crippen LogP contribution in [0.4, 0.5) is 5.13 Å². The van der Waals surface area contributed by atoms with E-state index in [0.717, 1.165) is 16.0 Å². The Morgan fingerprint density at radius 3 is 2.91 bits per heavy atom. The molecular formula is C16H16N2O3S. The lowest BCUT2D eigenvalue weighted by Gasteiger charge is -2.07.